The molecule has 0 aliphatic carbocycles. The van der Waals surface area contributed by atoms with Crippen LogP contribution in [-0.4, -0.2) is 267 Å². The maximum atomic E-state index is 15.2. The number of nitrogens with zero attached hydrogens (tertiary/aromatic N) is 6. The minimum atomic E-state index is -2.21. The van der Waals surface area contributed by atoms with E-state index < -0.39 is 195 Å². The zero-order chi connectivity index (χ0) is 72.4. The van der Waals surface area contributed by atoms with Gasteiger partial charge in [0.15, 0.2) is 24.6 Å². The number of aromatic nitrogens is 6. The summed E-state index contributed by atoms with van der Waals surface area (Å²) in [7, 11) is 0. The number of imidazole rings is 1. The zero-order valence-electron chi connectivity index (χ0n) is 53.1. The molecule has 6 rings (SSSR count). The third kappa shape index (κ3) is 21.1. The van der Waals surface area contributed by atoms with Gasteiger partial charge in [0, 0.05) is 55.3 Å². The predicted molar refractivity (Wildman–Crippen MR) is 338 cm³/mol. The van der Waals surface area contributed by atoms with Crippen LogP contribution in [0.4, 0.5) is 10.6 Å². The van der Waals surface area contributed by atoms with Crippen molar-refractivity contribution in [1.82, 2.24) is 61.8 Å². The fourth-order valence-corrected chi connectivity index (χ4v) is 11.5. The number of amides is 7. The maximum absolute atomic E-state index is 15.2. The standard InChI is InChI=1S/C55H83N19O22S2/c1-19-32(71-44(74-43(19)58)24(11-30(57)78)66-12-23(56)51(89)90)48(87)73-34(40(25-13-62-18-67-25)94-53-42(38(82)36(80)28(14-75)93-53)95-52-39(83)41(96-55(61)91)37(81)29(15-76)92-52)49(88)68-21(3)35(79)20(2)45(84)72-33(22(4)77)47(86)64-10-7-31-69-27(17-97-31)50-70-26(16-98-50)46(85)63-8-5-6-9-65-54(59)60/h13,16-18,20-24,28-29,33-42,52-53,66,75-77,79-83H,5-12,14-15,56H2,1-4H3,(H2,57,78)(H2,61,91)(H,62,67)(H,63,85)(H,64,86)(H,68,88)(H,72,84)(H,73,87)(H,89,90)(H2,58,71,74)(H4,59,60,65)/t20-,21+,22-,23+,24+,28+,29-,33+,34?,35-,36-,37-,38+,39+,40-,41+,42+,52-,53+/m0/s1. The summed E-state index contributed by atoms with van der Waals surface area (Å²) >= 11 is 2.45. The van der Waals surface area contributed by atoms with Crippen molar-refractivity contribution in [2.75, 3.05) is 45.1 Å². The van der Waals surface area contributed by atoms with Gasteiger partial charge in [0.25, 0.3) is 11.8 Å². The van der Waals surface area contributed by atoms with E-state index in [2.05, 4.69) is 66.8 Å². The van der Waals surface area contributed by atoms with Gasteiger partial charge in [0.05, 0.1) is 66.6 Å². The molecule has 28 N–H and O–H groups in total. The molecule has 43 heteroatoms. The summed E-state index contributed by atoms with van der Waals surface area (Å²) in [6, 6.07) is -8.20. The number of H-pyrrole nitrogens is 1. The highest BCUT2D eigenvalue weighted by Crippen LogP contribution is 2.35. The molecule has 2 aliphatic rings. The van der Waals surface area contributed by atoms with Gasteiger partial charge >= 0.3 is 12.1 Å². The molecular weight excluding hydrogens is 1340 g/mol. The number of carboxylic acid groups (broad SMARTS) is 1. The van der Waals surface area contributed by atoms with Crippen molar-refractivity contribution in [2.24, 2.45) is 39.6 Å². The number of aliphatic carboxylic acids is 1. The number of aliphatic imine (C=N–C) groups is 1. The number of rotatable bonds is 36. The minimum Gasteiger partial charge on any atom is -0.480 e. The Hall–Kier alpha value is -8.38. The molecule has 2 fully saturated rings. The van der Waals surface area contributed by atoms with Gasteiger partial charge in [-0.15, -0.1) is 22.7 Å². The quantitative estimate of drug-likeness (QED) is 0.0114. The summed E-state index contributed by atoms with van der Waals surface area (Å²) in [5.74, 6) is -9.50. The number of unbranched alkanes of at least 4 members (excludes halogenated alkanes) is 1. The summed E-state index contributed by atoms with van der Waals surface area (Å²) in [5.41, 5.74) is 33.1. The minimum absolute atomic E-state index is 0.0189. The molecule has 7 amide bonds. The first-order valence-electron chi connectivity index (χ1n) is 30.3. The molecule has 0 aromatic carbocycles. The van der Waals surface area contributed by atoms with Crippen LogP contribution in [0.15, 0.2) is 28.3 Å². The molecule has 0 spiro atoms. The van der Waals surface area contributed by atoms with Gasteiger partial charge in [0.1, 0.15) is 101 Å². The SMILES string of the molecule is Cc1c(N)nc([C@@H](CC(N)=O)NC[C@@H](N)C(=O)O)nc1C(=O)NC(C(=O)N[C@H](C)[C@@H](O)[C@H](C)C(=O)N[C@@H](C(=O)NCCc1nc(-c2nc(C(=O)NCCCCN=C(N)N)cs2)cs1)[C@H](C)O)[C@@H](O[C@H]1O[C@H](CO)[C@H](O)[C@@H](O)[C@H]1O[C@@H]1O[C@@H](CO)[C@H](O)[C@@H](OC(N)=O)[C@H]1O)c1cnc[nH]1. The van der Waals surface area contributed by atoms with E-state index in [0.717, 1.165) is 12.5 Å². The number of aliphatic hydroxyl groups excluding tert-OH is 8. The Kier molecular flexibility index (Phi) is 29.2. The number of hydrogen-bond donors (Lipinski definition) is 22. The van der Waals surface area contributed by atoms with E-state index in [1.54, 1.807) is 10.8 Å². The van der Waals surface area contributed by atoms with E-state index in [9.17, 15) is 79.5 Å². The van der Waals surface area contributed by atoms with Crippen molar-refractivity contribution in [3.05, 3.63) is 56.8 Å². The second-order valence-electron chi connectivity index (χ2n) is 22.7. The van der Waals surface area contributed by atoms with E-state index in [0.29, 0.717) is 41.6 Å². The number of nitrogens with one attached hydrogen (secondary N) is 7. The summed E-state index contributed by atoms with van der Waals surface area (Å²) in [5, 5.41) is 117. The number of anilines is 1. The fraction of sp³-hybridized carbons (Fsp3) is 0.600. The van der Waals surface area contributed by atoms with E-state index in [1.165, 1.54) is 50.4 Å². The molecule has 0 saturated carbocycles. The Balaban J connectivity index is 1.24. The van der Waals surface area contributed by atoms with Gasteiger partial charge in [0.2, 0.25) is 23.6 Å². The summed E-state index contributed by atoms with van der Waals surface area (Å²) in [4.78, 5) is 134. The third-order valence-corrected chi connectivity index (χ3v) is 17.2. The monoisotopic (exact) mass is 1430 g/mol. The number of ether oxygens (including phenoxy) is 5. The third-order valence-electron chi connectivity index (χ3n) is 15.4. The first-order chi connectivity index (χ1) is 46.3. The zero-order valence-corrected chi connectivity index (χ0v) is 54.8. The predicted octanol–water partition coefficient (Wildman–Crippen LogP) is -8.32. The summed E-state index contributed by atoms with van der Waals surface area (Å²) < 4.78 is 28.7. The highest BCUT2D eigenvalue weighted by Gasteiger charge is 2.54. The van der Waals surface area contributed by atoms with Crippen LogP contribution in [-0.2, 0) is 54.1 Å². The van der Waals surface area contributed by atoms with Crippen molar-refractivity contribution < 1.29 is 108 Å². The Bertz CT molecular complexity index is 3380. The van der Waals surface area contributed by atoms with Crippen LogP contribution in [0.3, 0.4) is 0 Å². The number of thiazole rings is 2. The number of carbonyl (C=O) groups excluding carboxylic acids is 7. The molecule has 2 saturated heterocycles. The molecule has 1 unspecified atom stereocenters. The number of carbonyl (C=O) groups is 8. The highest BCUT2D eigenvalue weighted by atomic mass is 32.1. The Morgan fingerprint density at radius 3 is 2.10 bits per heavy atom. The molecule has 19 atom stereocenters. The second kappa shape index (κ2) is 36.5. The first-order valence-corrected chi connectivity index (χ1v) is 32.0. The van der Waals surface area contributed by atoms with E-state index in [-0.39, 0.29) is 47.6 Å². The lowest BCUT2D eigenvalue weighted by atomic mass is 9.96. The van der Waals surface area contributed by atoms with Crippen LogP contribution in [0.2, 0.25) is 0 Å². The van der Waals surface area contributed by atoms with Crippen molar-refractivity contribution in [3.8, 4) is 10.7 Å². The van der Waals surface area contributed by atoms with Crippen molar-refractivity contribution >= 4 is 82.0 Å². The Labute approximate surface area is 565 Å². The smallest absolute Gasteiger partial charge is 0.404 e. The number of hydrogen-bond acceptors (Lipinski definition) is 32. The van der Waals surface area contributed by atoms with E-state index in [4.69, 9.17) is 58.1 Å². The number of guanidine groups is 1. The number of aromatic amines is 1. The van der Waals surface area contributed by atoms with Crippen molar-refractivity contribution in [2.45, 2.75) is 163 Å². The highest BCUT2D eigenvalue weighted by molar-refractivity contribution is 7.14. The van der Waals surface area contributed by atoms with Crippen molar-refractivity contribution in [3.63, 3.8) is 0 Å². The number of nitrogens with two attached hydrogens (primary N) is 6. The van der Waals surface area contributed by atoms with E-state index in [1.807, 2.05) is 0 Å². The van der Waals surface area contributed by atoms with Crippen molar-refractivity contribution in [1.29, 1.82) is 0 Å². The normalized spacial score (nSPS) is 23.6. The number of nitrogen functional groups attached to an aromatic ring is 1. The molecule has 2 aliphatic heterocycles. The van der Waals surface area contributed by atoms with Gasteiger partial charge in [-0.25, -0.2) is 29.7 Å². The lowest BCUT2D eigenvalue weighted by molar-refractivity contribution is -0.372. The summed E-state index contributed by atoms with van der Waals surface area (Å²) in [6.45, 7) is 3.21. The van der Waals surface area contributed by atoms with Gasteiger partial charge in [-0.05, 0) is 33.6 Å². The second-order valence-corrected chi connectivity index (χ2v) is 24.5. The lowest BCUT2D eigenvalue weighted by Gasteiger charge is -2.47. The van der Waals surface area contributed by atoms with Crippen LogP contribution in [0.1, 0.15) is 95.2 Å². The molecule has 0 bridgehead atoms. The fourth-order valence-electron chi connectivity index (χ4n) is 9.87. The lowest BCUT2D eigenvalue weighted by Crippen LogP contribution is -2.65. The Morgan fingerprint density at radius 2 is 1.47 bits per heavy atom. The van der Waals surface area contributed by atoms with Crippen LogP contribution in [0.5, 0.6) is 0 Å². The van der Waals surface area contributed by atoms with E-state index >= 15 is 4.79 Å². The van der Waals surface area contributed by atoms with Gasteiger partial charge in [-0.2, -0.15) is 0 Å². The maximum Gasteiger partial charge on any atom is 0.404 e. The average molecular weight is 1430 g/mol. The topological polar surface area (TPSA) is 686 Å². The molecule has 98 heavy (non-hydrogen) atoms. The number of primary amides is 2. The summed E-state index contributed by atoms with van der Waals surface area (Å²) in [6.07, 6.45) is -24.1. The van der Waals surface area contributed by atoms with Crippen LogP contribution < -0.4 is 66.3 Å². The molecule has 4 aromatic heterocycles. The van der Waals surface area contributed by atoms with Gasteiger partial charge in [-0.1, -0.05) is 6.92 Å². The van der Waals surface area contributed by atoms with Gasteiger partial charge in [-0.3, -0.25) is 38.6 Å². The molecule has 0 radical (unpaired) electrons. The molecule has 542 valence electrons. The average Bonchev–Trinajstić information content (AvgIpc) is 0.925. The van der Waals surface area contributed by atoms with Crippen LogP contribution in [0, 0.1) is 12.8 Å². The largest absolute Gasteiger partial charge is 0.480 e. The number of aliphatic hydroxyl groups is 8. The molecular formula is C55H83N19O22S2. The van der Waals surface area contributed by atoms with Gasteiger partial charge < -0.3 is 141 Å². The molecule has 4 aromatic rings. The van der Waals surface area contributed by atoms with Crippen LogP contribution in [0.25, 0.3) is 10.7 Å². The molecule has 6 heterocycles. The Morgan fingerprint density at radius 1 is 0.776 bits per heavy atom. The first kappa shape index (κ1) is 78.6. The molecule has 41 nitrogen and oxygen atoms in total. The van der Waals surface area contributed by atoms with Crippen LogP contribution >= 0.6 is 22.7 Å². The number of carboxylic acids is 1.